The van der Waals surface area contributed by atoms with E-state index in [0.29, 0.717) is 12.6 Å². The SMILES string of the molecule is COc1cccc(C2CCN2Cc2cc3cc(C)ccc3[nH]c2=O)c1. The van der Waals surface area contributed by atoms with E-state index >= 15 is 0 Å². The summed E-state index contributed by atoms with van der Waals surface area (Å²) >= 11 is 0. The van der Waals surface area contributed by atoms with Gasteiger partial charge in [0.15, 0.2) is 0 Å². The van der Waals surface area contributed by atoms with Crippen LogP contribution in [0.25, 0.3) is 10.9 Å². The molecule has 0 saturated carbocycles. The van der Waals surface area contributed by atoms with Crippen molar-refractivity contribution in [1.29, 1.82) is 0 Å². The van der Waals surface area contributed by atoms with Crippen LogP contribution in [0.15, 0.2) is 53.3 Å². The molecule has 4 heteroatoms. The number of H-pyrrole nitrogens is 1. The van der Waals surface area contributed by atoms with Crippen LogP contribution >= 0.6 is 0 Å². The molecule has 0 bridgehead atoms. The third-order valence-corrected chi connectivity index (χ3v) is 5.06. The molecule has 25 heavy (non-hydrogen) atoms. The van der Waals surface area contributed by atoms with Crippen molar-refractivity contribution in [1.82, 2.24) is 9.88 Å². The minimum Gasteiger partial charge on any atom is -0.497 e. The van der Waals surface area contributed by atoms with E-state index in [2.05, 4.69) is 35.0 Å². The van der Waals surface area contributed by atoms with E-state index in [0.717, 1.165) is 35.2 Å². The van der Waals surface area contributed by atoms with E-state index in [1.54, 1.807) is 7.11 Å². The van der Waals surface area contributed by atoms with Crippen molar-refractivity contribution in [3.63, 3.8) is 0 Å². The minimum atomic E-state index is 0.00708. The summed E-state index contributed by atoms with van der Waals surface area (Å²) in [7, 11) is 1.69. The van der Waals surface area contributed by atoms with Gasteiger partial charge >= 0.3 is 0 Å². The number of aromatic amines is 1. The summed E-state index contributed by atoms with van der Waals surface area (Å²) in [5.41, 5.74) is 4.17. The maximum absolute atomic E-state index is 12.4. The Bertz CT molecular complexity index is 977. The lowest BCUT2D eigenvalue weighted by Gasteiger charge is -2.41. The summed E-state index contributed by atoms with van der Waals surface area (Å²) in [4.78, 5) is 17.8. The van der Waals surface area contributed by atoms with Gasteiger partial charge < -0.3 is 9.72 Å². The average Bonchev–Trinajstić information content (AvgIpc) is 2.59. The van der Waals surface area contributed by atoms with Gasteiger partial charge in [-0.15, -0.1) is 0 Å². The molecule has 1 aromatic heterocycles. The van der Waals surface area contributed by atoms with E-state index in [1.807, 2.05) is 30.3 Å². The quantitative estimate of drug-likeness (QED) is 0.789. The maximum Gasteiger partial charge on any atom is 0.252 e. The Morgan fingerprint density at radius 3 is 2.84 bits per heavy atom. The summed E-state index contributed by atoms with van der Waals surface area (Å²) in [6.07, 6.45) is 1.11. The first-order valence-electron chi connectivity index (χ1n) is 8.64. The second-order valence-electron chi connectivity index (χ2n) is 6.77. The van der Waals surface area contributed by atoms with Crippen LogP contribution in [0.2, 0.25) is 0 Å². The summed E-state index contributed by atoms with van der Waals surface area (Å²) in [6.45, 7) is 3.74. The predicted molar refractivity (Wildman–Crippen MR) is 100 cm³/mol. The summed E-state index contributed by atoms with van der Waals surface area (Å²) in [5, 5.41) is 1.09. The monoisotopic (exact) mass is 334 g/mol. The first-order valence-corrected chi connectivity index (χ1v) is 8.64. The highest BCUT2D eigenvalue weighted by Crippen LogP contribution is 2.35. The number of rotatable bonds is 4. The first kappa shape index (κ1) is 15.9. The van der Waals surface area contributed by atoms with Crippen LogP contribution in [0.5, 0.6) is 5.75 Å². The smallest absolute Gasteiger partial charge is 0.252 e. The fourth-order valence-corrected chi connectivity index (χ4v) is 3.56. The van der Waals surface area contributed by atoms with Gasteiger partial charge in [-0.2, -0.15) is 0 Å². The minimum absolute atomic E-state index is 0.00708. The van der Waals surface area contributed by atoms with Crippen LogP contribution < -0.4 is 10.3 Å². The Kier molecular flexibility index (Phi) is 4.06. The number of aromatic nitrogens is 1. The van der Waals surface area contributed by atoms with Gasteiger partial charge in [0.1, 0.15) is 5.75 Å². The lowest BCUT2D eigenvalue weighted by molar-refractivity contribution is 0.0813. The van der Waals surface area contributed by atoms with Gasteiger partial charge in [0.2, 0.25) is 0 Å². The van der Waals surface area contributed by atoms with Gasteiger partial charge in [-0.05, 0) is 54.6 Å². The van der Waals surface area contributed by atoms with Crippen LogP contribution in [0.1, 0.15) is 29.2 Å². The van der Waals surface area contributed by atoms with E-state index in [9.17, 15) is 4.79 Å². The maximum atomic E-state index is 12.4. The molecule has 4 nitrogen and oxygen atoms in total. The van der Waals surface area contributed by atoms with Crippen LogP contribution in [0.4, 0.5) is 0 Å². The summed E-state index contributed by atoms with van der Waals surface area (Å²) in [6, 6.07) is 16.7. The summed E-state index contributed by atoms with van der Waals surface area (Å²) in [5.74, 6) is 0.878. The highest BCUT2D eigenvalue weighted by atomic mass is 16.5. The Morgan fingerprint density at radius 2 is 2.08 bits per heavy atom. The third-order valence-electron chi connectivity index (χ3n) is 5.06. The molecule has 0 spiro atoms. The van der Waals surface area contributed by atoms with Gasteiger partial charge in [0, 0.05) is 30.2 Å². The molecule has 3 aromatic rings. The molecule has 1 unspecified atom stereocenters. The molecule has 4 rings (SSSR count). The molecule has 1 aliphatic rings. The number of ether oxygens (including phenoxy) is 1. The molecule has 2 heterocycles. The highest BCUT2D eigenvalue weighted by Gasteiger charge is 2.30. The number of aryl methyl sites for hydroxylation is 1. The number of hydrogen-bond acceptors (Lipinski definition) is 3. The van der Waals surface area contributed by atoms with Gasteiger partial charge in [0.05, 0.1) is 7.11 Å². The van der Waals surface area contributed by atoms with Crippen molar-refractivity contribution in [3.05, 3.63) is 75.6 Å². The average molecular weight is 334 g/mol. The van der Waals surface area contributed by atoms with Crippen molar-refractivity contribution in [3.8, 4) is 5.75 Å². The Morgan fingerprint density at radius 1 is 1.20 bits per heavy atom. The zero-order chi connectivity index (χ0) is 17.4. The molecule has 1 saturated heterocycles. The predicted octanol–water partition coefficient (Wildman–Crippen LogP) is 3.79. The van der Waals surface area contributed by atoms with Gasteiger partial charge in [-0.3, -0.25) is 9.69 Å². The molecular weight excluding hydrogens is 312 g/mol. The molecule has 1 N–H and O–H groups in total. The molecule has 128 valence electrons. The number of benzene rings is 2. The second kappa shape index (κ2) is 6.37. The lowest BCUT2D eigenvalue weighted by atomic mass is 9.94. The number of nitrogens with one attached hydrogen (secondary N) is 1. The second-order valence-corrected chi connectivity index (χ2v) is 6.77. The fraction of sp³-hybridized carbons (Fsp3) is 0.286. The van der Waals surface area contributed by atoms with Crippen molar-refractivity contribution >= 4 is 10.9 Å². The normalized spacial score (nSPS) is 17.4. The van der Waals surface area contributed by atoms with Gasteiger partial charge in [-0.25, -0.2) is 0 Å². The lowest BCUT2D eigenvalue weighted by Crippen LogP contribution is -2.41. The van der Waals surface area contributed by atoms with Crippen molar-refractivity contribution < 1.29 is 4.74 Å². The molecule has 0 amide bonds. The van der Waals surface area contributed by atoms with Crippen molar-refractivity contribution in [2.75, 3.05) is 13.7 Å². The van der Waals surface area contributed by atoms with Crippen LogP contribution in [-0.4, -0.2) is 23.5 Å². The van der Waals surface area contributed by atoms with E-state index in [-0.39, 0.29) is 5.56 Å². The van der Waals surface area contributed by atoms with Crippen LogP contribution in [-0.2, 0) is 6.54 Å². The standard InChI is InChI=1S/C21H22N2O2/c1-14-6-7-19-16(10-14)11-17(21(24)22-19)13-23-9-8-20(23)15-4-3-5-18(12-15)25-2/h3-7,10-12,20H,8-9,13H2,1-2H3,(H,22,24). The highest BCUT2D eigenvalue weighted by molar-refractivity contribution is 5.79. The van der Waals surface area contributed by atoms with E-state index in [4.69, 9.17) is 4.74 Å². The Balaban J connectivity index is 1.60. The number of methoxy groups -OCH3 is 1. The zero-order valence-corrected chi connectivity index (χ0v) is 14.6. The number of pyridine rings is 1. The molecule has 0 aliphatic carbocycles. The molecule has 1 atom stereocenters. The largest absolute Gasteiger partial charge is 0.497 e. The van der Waals surface area contributed by atoms with Crippen molar-refractivity contribution in [2.24, 2.45) is 0 Å². The van der Waals surface area contributed by atoms with Crippen molar-refractivity contribution in [2.45, 2.75) is 25.9 Å². The van der Waals surface area contributed by atoms with Gasteiger partial charge in [-0.1, -0.05) is 23.8 Å². The first-order chi connectivity index (χ1) is 12.1. The molecule has 1 aliphatic heterocycles. The molecule has 2 aromatic carbocycles. The van der Waals surface area contributed by atoms with Crippen LogP contribution in [0, 0.1) is 6.92 Å². The van der Waals surface area contributed by atoms with E-state index in [1.165, 1.54) is 11.1 Å². The topological polar surface area (TPSA) is 45.3 Å². The Labute approximate surface area is 147 Å². The molecular formula is C21H22N2O2. The Hall–Kier alpha value is -2.59. The number of hydrogen-bond donors (Lipinski definition) is 1. The van der Waals surface area contributed by atoms with Gasteiger partial charge in [0.25, 0.3) is 5.56 Å². The number of nitrogens with zero attached hydrogens (tertiary/aromatic N) is 1. The third kappa shape index (κ3) is 3.05. The number of fused-ring (bicyclic) bond motifs is 1. The van der Waals surface area contributed by atoms with E-state index < -0.39 is 0 Å². The number of likely N-dealkylation sites (tertiary alicyclic amines) is 1. The molecule has 0 radical (unpaired) electrons. The fourth-order valence-electron chi connectivity index (χ4n) is 3.56. The zero-order valence-electron chi connectivity index (χ0n) is 14.6. The molecule has 1 fully saturated rings. The van der Waals surface area contributed by atoms with Crippen LogP contribution in [0.3, 0.4) is 0 Å². The summed E-state index contributed by atoms with van der Waals surface area (Å²) < 4.78 is 5.33.